The van der Waals surface area contributed by atoms with E-state index >= 15 is 0 Å². The summed E-state index contributed by atoms with van der Waals surface area (Å²) >= 11 is 0. The molecule has 5 nitrogen and oxygen atoms in total. The van der Waals surface area contributed by atoms with Gasteiger partial charge in [0.05, 0.1) is 11.5 Å². The van der Waals surface area contributed by atoms with E-state index < -0.39 is 10.0 Å². The molecule has 0 radical (unpaired) electrons. The summed E-state index contributed by atoms with van der Waals surface area (Å²) in [6, 6.07) is 4.82. The van der Waals surface area contributed by atoms with Crippen molar-refractivity contribution in [3.05, 3.63) is 23.8 Å². The van der Waals surface area contributed by atoms with E-state index in [9.17, 15) is 8.42 Å². The summed E-state index contributed by atoms with van der Waals surface area (Å²) in [4.78, 5) is 0.232. The Kier molecular flexibility index (Phi) is 7.14. The second-order valence-electron chi connectivity index (χ2n) is 5.40. The molecular weight excluding hydrogens is 288 g/mol. The zero-order valence-electron chi connectivity index (χ0n) is 13.1. The molecule has 0 spiro atoms. The lowest BCUT2D eigenvalue weighted by atomic mass is 10.1. The molecule has 1 aromatic rings. The summed E-state index contributed by atoms with van der Waals surface area (Å²) < 4.78 is 32.6. The molecular formula is C15H26N2O3S. The number of nitrogens with two attached hydrogens (primary N) is 1. The minimum absolute atomic E-state index is 0.232. The average molecular weight is 314 g/mol. The summed E-state index contributed by atoms with van der Waals surface area (Å²) in [5.41, 5.74) is 6.38. The van der Waals surface area contributed by atoms with E-state index in [0.717, 1.165) is 12.8 Å². The highest BCUT2D eigenvalue weighted by Gasteiger charge is 2.16. The van der Waals surface area contributed by atoms with Crippen LogP contribution in [0.5, 0.6) is 5.75 Å². The first-order valence-corrected chi connectivity index (χ1v) is 8.84. The Hall–Kier alpha value is -1.11. The third-order valence-electron chi connectivity index (χ3n) is 3.04. The largest absolute Gasteiger partial charge is 0.493 e. The first-order chi connectivity index (χ1) is 9.90. The number of benzene rings is 1. The monoisotopic (exact) mass is 314 g/mol. The highest BCUT2D eigenvalue weighted by atomic mass is 32.2. The van der Waals surface area contributed by atoms with Crippen LogP contribution in [0.15, 0.2) is 23.1 Å². The maximum absolute atomic E-state index is 12.2. The van der Waals surface area contributed by atoms with E-state index in [0.29, 0.717) is 30.4 Å². The maximum Gasteiger partial charge on any atom is 0.240 e. The summed E-state index contributed by atoms with van der Waals surface area (Å²) in [5.74, 6) is 1.11. The van der Waals surface area contributed by atoms with Gasteiger partial charge in [0.25, 0.3) is 0 Å². The van der Waals surface area contributed by atoms with Gasteiger partial charge in [0.2, 0.25) is 10.0 Å². The molecule has 0 aromatic heterocycles. The Bertz CT molecular complexity index is 542. The third-order valence-corrected chi connectivity index (χ3v) is 4.50. The summed E-state index contributed by atoms with van der Waals surface area (Å²) in [7, 11) is -3.49. The lowest BCUT2D eigenvalue weighted by molar-refractivity contribution is 0.314. The van der Waals surface area contributed by atoms with Crippen molar-refractivity contribution in [2.45, 2.75) is 45.1 Å². The van der Waals surface area contributed by atoms with Crippen molar-refractivity contribution in [2.24, 2.45) is 11.7 Å². The van der Waals surface area contributed by atoms with Crippen molar-refractivity contribution in [3.63, 3.8) is 0 Å². The number of sulfonamides is 1. The first kappa shape index (κ1) is 17.9. The van der Waals surface area contributed by atoms with Gasteiger partial charge in [-0.1, -0.05) is 20.8 Å². The molecule has 0 aliphatic rings. The molecule has 1 rings (SSSR count). The Morgan fingerprint density at radius 2 is 2.05 bits per heavy atom. The summed E-state index contributed by atoms with van der Waals surface area (Å²) in [6.45, 7) is 7.40. The van der Waals surface area contributed by atoms with Crippen LogP contribution in [-0.2, 0) is 16.6 Å². The van der Waals surface area contributed by atoms with E-state index in [1.54, 1.807) is 18.2 Å². The second-order valence-corrected chi connectivity index (χ2v) is 7.17. The van der Waals surface area contributed by atoms with Crippen LogP contribution in [0.4, 0.5) is 0 Å². The van der Waals surface area contributed by atoms with Gasteiger partial charge in [-0.25, -0.2) is 13.1 Å². The zero-order valence-corrected chi connectivity index (χ0v) is 13.9. The van der Waals surface area contributed by atoms with Crippen molar-refractivity contribution in [3.8, 4) is 5.75 Å². The third kappa shape index (κ3) is 5.65. The van der Waals surface area contributed by atoms with Crippen LogP contribution < -0.4 is 15.2 Å². The predicted molar refractivity (Wildman–Crippen MR) is 84.8 cm³/mol. The molecule has 0 amide bonds. The molecule has 3 N–H and O–H groups in total. The van der Waals surface area contributed by atoms with E-state index in [1.807, 2.05) is 6.92 Å². The quantitative estimate of drug-likeness (QED) is 0.732. The first-order valence-electron chi connectivity index (χ1n) is 7.36. The number of hydrogen-bond donors (Lipinski definition) is 2. The van der Waals surface area contributed by atoms with Gasteiger partial charge in [-0.05, 0) is 37.0 Å². The van der Waals surface area contributed by atoms with Crippen LogP contribution in [0.2, 0.25) is 0 Å². The maximum atomic E-state index is 12.2. The van der Waals surface area contributed by atoms with Gasteiger partial charge in [-0.3, -0.25) is 0 Å². The minimum atomic E-state index is -3.49. The van der Waals surface area contributed by atoms with Gasteiger partial charge in [-0.15, -0.1) is 0 Å². The average Bonchev–Trinajstić information content (AvgIpc) is 2.44. The van der Waals surface area contributed by atoms with E-state index in [4.69, 9.17) is 10.5 Å². The molecule has 0 saturated heterocycles. The molecule has 0 unspecified atom stereocenters. The number of rotatable bonds is 9. The van der Waals surface area contributed by atoms with Crippen LogP contribution in [0, 0.1) is 5.92 Å². The van der Waals surface area contributed by atoms with Crippen LogP contribution in [0.1, 0.15) is 39.2 Å². The Labute approximate surface area is 127 Å². The van der Waals surface area contributed by atoms with Gasteiger partial charge in [0.1, 0.15) is 5.75 Å². The minimum Gasteiger partial charge on any atom is -0.493 e. The molecule has 6 heteroatoms. The molecule has 0 heterocycles. The van der Waals surface area contributed by atoms with Crippen molar-refractivity contribution in [1.82, 2.24) is 4.72 Å². The van der Waals surface area contributed by atoms with Crippen LogP contribution in [-0.4, -0.2) is 21.6 Å². The molecule has 21 heavy (non-hydrogen) atoms. The number of hydrogen-bond acceptors (Lipinski definition) is 4. The van der Waals surface area contributed by atoms with Crippen LogP contribution in [0.3, 0.4) is 0 Å². The van der Waals surface area contributed by atoms with E-state index in [2.05, 4.69) is 18.6 Å². The van der Waals surface area contributed by atoms with Gasteiger partial charge in [-0.2, -0.15) is 0 Å². The molecule has 1 aromatic carbocycles. The highest BCUT2D eigenvalue weighted by molar-refractivity contribution is 7.89. The molecule has 120 valence electrons. The fourth-order valence-electron chi connectivity index (χ4n) is 1.80. The Balaban J connectivity index is 2.87. The predicted octanol–water partition coefficient (Wildman–Crippen LogP) is 2.26. The molecule has 0 saturated carbocycles. The van der Waals surface area contributed by atoms with Gasteiger partial charge < -0.3 is 10.5 Å². The normalized spacial score (nSPS) is 11.9. The van der Waals surface area contributed by atoms with E-state index in [-0.39, 0.29) is 11.4 Å². The van der Waals surface area contributed by atoms with Crippen molar-refractivity contribution < 1.29 is 13.2 Å². The molecule has 0 aliphatic carbocycles. The van der Waals surface area contributed by atoms with Crippen molar-refractivity contribution in [2.75, 3.05) is 13.2 Å². The standard InChI is InChI=1S/C15H26N2O3S/c1-4-9-20-15-6-5-14(10-13(15)11-16)21(18,19)17-8-7-12(2)3/h5-6,10,12,17H,4,7-9,11,16H2,1-3H3. The fourth-order valence-corrected chi connectivity index (χ4v) is 2.90. The fraction of sp³-hybridized carbons (Fsp3) is 0.600. The van der Waals surface area contributed by atoms with E-state index in [1.165, 1.54) is 0 Å². The molecule has 0 bridgehead atoms. The van der Waals surface area contributed by atoms with Gasteiger partial charge in [0, 0.05) is 18.7 Å². The summed E-state index contributed by atoms with van der Waals surface area (Å²) in [5, 5.41) is 0. The molecule has 0 atom stereocenters. The zero-order chi connectivity index (χ0) is 15.9. The number of ether oxygens (including phenoxy) is 1. The second kappa shape index (κ2) is 8.36. The SMILES string of the molecule is CCCOc1ccc(S(=O)(=O)NCCC(C)C)cc1CN. The van der Waals surface area contributed by atoms with Crippen molar-refractivity contribution >= 4 is 10.0 Å². The van der Waals surface area contributed by atoms with Crippen LogP contribution >= 0.6 is 0 Å². The highest BCUT2D eigenvalue weighted by Crippen LogP contribution is 2.22. The lowest BCUT2D eigenvalue weighted by Crippen LogP contribution is -2.25. The Morgan fingerprint density at radius 1 is 1.33 bits per heavy atom. The van der Waals surface area contributed by atoms with Gasteiger partial charge >= 0.3 is 0 Å². The topological polar surface area (TPSA) is 81.4 Å². The van der Waals surface area contributed by atoms with Crippen LogP contribution in [0.25, 0.3) is 0 Å². The van der Waals surface area contributed by atoms with Gasteiger partial charge in [0.15, 0.2) is 0 Å². The molecule has 0 fully saturated rings. The summed E-state index contributed by atoms with van der Waals surface area (Å²) in [6.07, 6.45) is 1.70. The Morgan fingerprint density at radius 3 is 2.62 bits per heavy atom. The molecule has 0 aliphatic heterocycles. The number of nitrogens with one attached hydrogen (secondary N) is 1. The van der Waals surface area contributed by atoms with Crippen molar-refractivity contribution in [1.29, 1.82) is 0 Å². The smallest absolute Gasteiger partial charge is 0.240 e. The lowest BCUT2D eigenvalue weighted by Gasteiger charge is -2.13.